The molecular formula is C18H28Cl2FeP2Pd. The summed E-state index contributed by atoms with van der Waals surface area (Å²) in [5.41, 5.74) is 0. The van der Waals surface area contributed by atoms with E-state index in [1.165, 1.54) is 24.6 Å². The van der Waals surface area contributed by atoms with Gasteiger partial charge in [-0.1, -0.05) is 27.7 Å². The van der Waals surface area contributed by atoms with E-state index in [0.717, 1.165) is 0 Å². The SMILES string of the molecule is CCP(CC)c1ccc[cH-]1.CCP(CC)c1ccc[cH-]1.[Cl][Pd][Cl].[Fe+2]. The zero-order valence-corrected chi connectivity index (χ0v) is 20.7. The van der Waals surface area contributed by atoms with E-state index in [-0.39, 0.29) is 48.9 Å². The predicted octanol–water partition coefficient (Wildman–Crippen LogP) is 6.48. The summed E-state index contributed by atoms with van der Waals surface area (Å²) in [4.78, 5) is 0. The molecule has 0 aliphatic heterocycles. The number of rotatable bonds is 6. The van der Waals surface area contributed by atoms with E-state index in [4.69, 9.17) is 19.1 Å². The van der Waals surface area contributed by atoms with Crippen molar-refractivity contribution in [1.29, 1.82) is 0 Å². The summed E-state index contributed by atoms with van der Waals surface area (Å²) in [6.45, 7) is 9.12. The third-order valence-electron chi connectivity index (χ3n) is 3.55. The number of halogens is 2. The van der Waals surface area contributed by atoms with Gasteiger partial charge in [-0.15, -0.1) is 26.5 Å². The molecule has 24 heavy (non-hydrogen) atoms. The van der Waals surface area contributed by atoms with Crippen LogP contribution in [0.25, 0.3) is 0 Å². The first-order valence-corrected chi connectivity index (χ1v) is 15.4. The van der Waals surface area contributed by atoms with Crippen molar-refractivity contribution in [3.05, 3.63) is 48.5 Å². The van der Waals surface area contributed by atoms with E-state index in [2.05, 4.69) is 76.2 Å². The van der Waals surface area contributed by atoms with Crippen molar-refractivity contribution in [2.24, 2.45) is 0 Å². The van der Waals surface area contributed by atoms with Crippen molar-refractivity contribution in [2.75, 3.05) is 24.6 Å². The summed E-state index contributed by atoms with van der Waals surface area (Å²) in [6.07, 6.45) is 5.32. The molecule has 0 fully saturated rings. The maximum atomic E-state index is 4.81. The normalized spacial score (nSPS) is 9.83. The van der Waals surface area contributed by atoms with Gasteiger partial charge in [-0.2, -0.15) is 24.3 Å². The summed E-state index contributed by atoms with van der Waals surface area (Å²) in [6, 6.07) is 17.5. The van der Waals surface area contributed by atoms with Gasteiger partial charge in [0.15, 0.2) is 0 Å². The van der Waals surface area contributed by atoms with Crippen molar-refractivity contribution in [3.8, 4) is 0 Å². The molecule has 0 atom stereocenters. The third-order valence-corrected chi connectivity index (χ3v) is 8.66. The smallest absolute Gasteiger partial charge is 2.00 e. The van der Waals surface area contributed by atoms with Crippen LogP contribution in [0.3, 0.4) is 0 Å². The maximum absolute atomic E-state index is 4.81. The van der Waals surface area contributed by atoms with Crippen molar-refractivity contribution < 1.29 is 33.0 Å². The van der Waals surface area contributed by atoms with Crippen LogP contribution in [0, 0.1) is 0 Å². The Morgan fingerprint density at radius 3 is 1.25 bits per heavy atom. The molecule has 0 saturated heterocycles. The largest absolute Gasteiger partial charge is 2.00 e. The molecule has 2 aromatic rings. The minimum absolute atomic E-state index is 0. The maximum Gasteiger partial charge on any atom is 2.00 e. The molecule has 2 rings (SSSR count). The van der Waals surface area contributed by atoms with Crippen LogP contribution >= 0.6 is 34.9 Å². The predicted molar refractivity (Wildman–Crippen MR) is 111 cm³/mol. The fraction of sp³-hybridized carbons (Fsp3) is 0.444. The van der Waals surface area contributed by atoms with Gasteiger partial charge in [-0.05, 0) is 24.6 Å². The van der Waals surface area contributed by atoms with E-state index in [1.54, 1.807) is 10.6 Å². The minimum Gasteiger partial charge on any atom is 2.00 e. The topological polar surface area (TPSA) is 0 Å². The third kappa shape index (κ3) is 11.8. The Labute approximate surface area is 178 Å². The second-order valence-electron chi connectivity index (χ2n) is 4.68. The first-order chi connectivity index (χ1) is 11.2. The first-order valence-electron chi connectivity index (χ1n) is 7.93. The molecule has 0 amide bonds. The molecule has 0 nitrogen and oxygen atoms in total. The zero-order chi connectivity index (χ0) is 17.5. The second-order valence-corrected chi connectivity index (χ2v) is 12.8. The van der Waals surface area contributed by atoms with Crippen molar-refractivity contribution in [1.82, 2.24) is 0 Å². The van der Waals surface area contributed by atoms with E-state index >= 15 is 0 Å². The van der Waals surface area contributed by atoms with Gasteiger partial charge in [0.2, 0.25) is 0 Å². The Hall–Kier alpha value is 1.32. The first kappa shape index (κ1) is 27.5. The molecule has 2 aromatic carbocycles. The van der Waals surface area contributed by atoms with Gasteiger partial charge < -0.3 is 0 Å². The summed E-state index contributed by atoms with van der Waals surface area (Å²) >= 11 is -0.106. The number of hydrogen-bond donors (Lipinski definition) is 0. The molecule has 0 heterocycles. The van der Waals surface area contributed by atoms with Crippen molar-refractivity contribution in [3.63, 3.8) is 0 Å². The average molecular weight is 540 g/mol. The molecule has 0 aliphatic carbocycles. The Bertz CT molecular complexity index is 399. The van der Waals surface area contributed by atoms with E-state index < -0.39 is 0 Å². The fourth-order valence-electron chi connectivity index (χ4n) is 2.33. The van der Waals surface area contributed by atoms with Crippen LogP contribution in [0.15, 0.2) is 48.5 Å². The van der Waals surface area contributed by atoms with Gasteiger partial charge in [0.05, 0.1) is 0 Å². The molecule has 0 spiro atoms. The van der Waals surface area contributed by atoms with E-state index in [1.807, 2.05) is 0 Å². The van der Waals surface area contributed by atoms with Gasteiger partial charge in [0.25, 0.3) is 0 Å². The van der Waals surface area contributed by atoms with Gasteiger partial charge in [0, 0.05) is 0 Å². The van der Waals surface area contributed by atoms with E-state index in [0.29, 0.717) is 0 Å². The standard InChI is InChI=1S/2C9H14P.2ClH.Fe.Pd/c2*1-3-10(4-2)9-7-5-6-8-9;;;;/h2*5-8H,3-4H2,1-2H3;2*1H;;/q2*-1;;;2*+2/p-2. The van der Waals surface area contributed by atoms with Crippen molar-refractivity contribution in [2.45, 2.75) is 27.7 Å². The molecule has 0 aromatic heterocycles. The minimum atomic E-state index is -0.106. The molecule has 0 bridgehead atoms. The van der Waals surface area contributed by atoms with Crippen LogP contribution in [-0.2, 0) is 33.0 Å². The molecular weight excluding hydrogens is 511 g/mol. The van der Waals surface area contributed by atoms with Gasteiger partial charge in [-0.25, -0.2) is 24.3 Å². The van der Waals surface area contributed by atoms with Crippen LogP contribution < -0.4 is 10.6 Å². The molecule has 0 radical (unpaired) electrons. The Morgan fingerprint density at radius 2 is 1.08 bits per heavy atom. The van der Waals surface area contributed by atoms with Crippen LogP contribution in [0.5, 0.6) is 0 Å². The zero-order valence-electron chi connectivity index (χ0n) is 14.8. The molecule has 0 unspecified atom stereocenters. The Kier molecular flexibility index (Phi) is 21.9. The monoisotopic (exact) mass is 538 g/mol. The summed E-state index contributed by atoms with van der Waals surface area (Å²) in [7, 11) is 10.00. The van der Waals surface area contributed by atoms with Gasteiger partial charge in [-0.3, -0.25) is 0 Å². The average Bonchev–Trinajstić information content (AvgIpc) is 3.25. The van der Waals surface area contributed by atoms with Gasteiger partial charge >= 0.3 is 52.1 Å². The molecule has 0 N–H and O–H groups in total. The van der Waals surface area contributed by atoms with Crippen LogP contribution in [0.4, 0.5) is 0 Å². The van der Waals surface area contributed by atoms with Crippen LogP contribution in [-0.4, -0.2) is 24.6 Å². The molecule has 0 saturated carbocycles. The van der Waals surface area contributed by atoms with Crippen molar-refractivity contribution >= 4 is 45.5 Å². The Balaban J connectivity index is 0. The van der Waals surface area contributed by atoms with Crippen LogP contribution in [0.2, 0.25) is 0 Å². The van der Waals surface area contributed by atoms with Gasteiger partial charge in [0.1, 0.15) is 0 Å². The summed E-state index contributed by atoms with van der Waals surface area (Å²) in [5.74, 6) is 0. The van der Waals surface area contributed by atoms with Crippen LogP contribution in [0.1, 0.15) is 27.7 Å². The quantitative estimate of drug-likeness (QED) is 0.224. The summed E-state index contributed by atoms with van der Waals surface area (Å²) in [5, 5.41) is 3.14. The summed E-state index contributed by atoms with van der Waals surface area (Å²) < 4.78 is 0. The van der Waals surface area contributed by atoms with E-state index in [9.17, 15) is 0 Å². The Morgan fingerprint density at radius 1 is 0.792 bits per heavy atom. The number of hydrogen-bond acceptors (Lipinski definition) is 0. The molecule has 0 aliphatic rings. The second kappa shape index (κ2) is 19.1. The molecule has 6 heteroatoms. The fourth-order valence-corrected chi connectivity index (χ4v) is 5.87. The molecule has 142 valence electrons.